The van der Waals surface area contributed by atoms with Gasteiger partial charge in [0.05, 0.1) is 0 Å². The van der Waals surface area contributed by atoms with Crippen molar-refractivity contribution in [2.24, 2.45) is 5.92 Å². The standard InChI is InChI=1S/C10H14BrNO6S/c1-5(4-13)6(2)12-19(16,17)8-3-7(10(14)15)18-9(8)11/h3,5-6,12-13H,4H2,1-2H3,(H,14,15). The number of aromatic carboxylic acids is 1. The van der Waals surface area contributed by atoms with E-state index in [9.17, 15) is 13.2 Å². The van der Waals surface area contributed by atoms with Crippen molar-refractivity contribution in [2.45, 2.75) is 24.8 Å². The number of halogens is 1. The summed E-state index contributed by atoms with van der Waals surface area (Å²) in [6.45, 7) is 3.11. The quantitative estimate of drug-likeness (QED) is 0.701. The predicted molar refractivity (Wildman–Crippen MR) is 69.4 cm³/mol. The number of hydrogen-bond acceptors (Lipinski definition) is 5. The van der Waals surface area contributed by atoms with Crippen LogP contribution in [0.3, 0.4) is 0 Å². The molecule has 108 valence electrons. The lowest BCUT2D eigenvalue weighted by molar-refractivity contribution is 0.0661. The number of carboxylic acids is 1. The molecular formula is C10H14BrNO6S. The van der Waals surface area contributed by atoms with Crippen molar-refractivity contribution < 1.29 is 27.8 Å². The van der Waals surface area contributed by atoms with Crippen LogP contribution in [0.2, 0.25) is 0 Å². The minimum atomic E-state index is -3.92. The first-order valence-corrected chi connectivity index (χ1v) is 7.62. The maximum absolute atomic E-state index is 12.0. The smallest absolute Gasteiger partial charge is 0.371 e. The second kappa shape index (κ2) is 6.04. The highest BCUT2D eigenvalue weighted by molar-refractivity contribution is 9.10. The van der Waals surface area contributed by atoms with Gasteiger partial charge in [-0.2, -0.15) is 0 Å². The summed E-state index contributed by atoms with van der Waals surface area (Å²) in [5, 5.41) is 17.7. The Hall–Kier alpha value is -0.900. The summed E-state index contributed by atoms with van der Waals surface area (Å²) in [6.07, 6.45) is 0. The Balaban J connectivity index is 3.04. The second-order valence-corrected chi connectivity index (χ2v) is 6.53. The number of hydrogen-bond donors (Lipinski definition) is 3. The van der Waals surface area contributed by atoms with Crippen LogP contribution in [0, 0.1) is 5.92 Å². The van der Waals surface area contributed by atoms with E-state index < -0.39 is 27.8 Å². The third-order valence-corrected chi connectivity index (χ3v) is 5.05. The number of aliphatic hydroxyl groups excluding tert-OH is 1. The summed E-state index contributed by atoms with van der Waals surface area (Å²) in [4.78, 5) is 10.4. The molecule has 2 atom stereocenters. The van der Waals surface area contributed by atoms with E-state index in [1.165, 1.54) is 0 Å². The number of furan rings is 1. The van der Waals surface area contributed by atoms with E-state index in [2.05, 4.69) is 20.7 Å². The Labute approximate surface area is 118 Å². The SMILES string of the molecule is CC(CO)C(C)NS(=O)(=O)c1cc(C(=O)O)oc1Br. The van der Waals surface area contributed by atoms with Crippen molar-refractivity contribution in [3.63, 3.8) is 0 Å². The van der Waals surface area contributed by atoms with E-state index in [0.717, 1.165) is 6.07 Å². The molecule has 0 radical (unpaired) electrons. The largest absolute Gasteiger partial charge is 0.475 e. The molecule has 1 aromatic rings. The molecule has 0 spiro atoms. The van der Waals surface area contributed by atoms with Gasteiger partial charge in [0.2, 0.25) is 15.8 Å². The molecule has 0 bridgehead atoms. The maximum Gasteiger partial charge on any atom is 0.371 e. The number of nitrogens with one attached hydrogen (secondary N) is 1. The first-order chi connectivity index (χ1) is 8.69. The molecule has 2 unspecified atom stereocenters. The third kappa shape index (κ3) is 3.78. The van der Waals surface area contributed by atoms with Gasteiger partial charge in [0, 0.05) is 18.7 Å². The van der Waals surface area contributed by atoms with Crippen LogP contribution in [-0.4, -0.2) is 37.2 Å². The molecule has 0 saturated heterocycles. The van der Waals surface area contributed by atoms with Gasteiger partial charge >= 0.3 is 5.97 Å². The molecule has 0 aliphatic heterocycles. The number of carbonyl (C=O) groups is 1. The van der Waals surface area contributed by atoms with Crippen LogP contribution in [0.15, 0.2) is 20.0 Å². The van der Waals surface area contributed by atoms with E-state index in [0.29, 0.717) is 0 Å². The number of sulfonamides is 1. The number of rotatable bonds is 6. The van der Waals surface area contributed by atoms with Gasteiger partial charge in [0.1, 0.15) is 4.90 Å². The van der Waals surface area contributed by atoms with Crippen molar-refractivity contribution in [2.75, 3.05) is 6.61 Å². The monoisotopic (exact) mass is 355 g/mol. The van der Waals surface area contributed by atoms with Crippen molar-refractivity contribution >= 4 is 31.9 Å². The zero-order valence-corrected chi connectivity index (χ0v) is 12.7. The fraction of sp³-hybridized carbons (Fsp3) is 0.500. The molecule has 1 rings (SSSR count). The molecule has 3 N–H and O–H groups in total. The van der Waals surface area contributed by atoms with E-state index >= 15 is 0 Å². The topological polar surface area (TPSA) is 117 Å². The Morgan fingerprint density at radius 1 is 1.53 bits per heavy atom. The van der Waals surface area contributed by atoms with Crippen LogP contribution in [0.4, 0.5) is 0 Å². The first kappa shape index (κ1) is 16.2. The molecule has 0 amide bonds. The van der Waals surface area contributed by atoms with Crippen LogP contribution in [0.5, 0.6) is 0 Å². The maximum atomic E-state index is 12.0. The number of carboxylic acid groups (broad SMARTS) is 1. The molecule has 1 aromatic heterocycles. The second-order valence-electron chi connectivity index (χ2n) is 4.12. The van der Waals surface area contributed by atoms with E-state index in [4.69, 9.17) is 14.6 Å². The molecule has 0 aromatic carbocycles. The van der Waals surface area contributed by atoms with Gasteiger partial charge in [-0.3, -0.25) is 0 Å². The van der Waals surface area contributed by atoms with Gasteiger partial charge in [-0.15, -0.1) is 0 Å². The Morgan fingerprint density at radius 3 is 2.53 bits per heavy atom. The van der Waals surface area contributed by atoms with Crippen LogP contribution in [-0.2, 0) is 10.0 Å². The lowest BCUT2D eigenvalue weighted by Gasteiger charge is -2.18. The van der Waals surface area contributed by atoms with E-state index in [1.807, 2.05) is 0 Å². The van der Waals surface area contributed by atoms with Gasteiger partial charge in [-0.25, -0.2) is 17.9 Å². The van der Waals surface area contributed by atoms with Crippen LogP contribution < -0.4 is 4.72 Å². The fourth-order valence-electron chi connectivity index (χ4n) is 1.22. The summed E-state index contributed by atoms with van der Waals surface area (Å²) in [5.41, 5.74) is 0. The predicted octanol–water partition coefficient (Wildman–Crippen LogP) is 1.04. The zero-order valence-electron chi connectivity index (χ0n) is 10.3. The third-order valence-electron chi connectivity index (χ3n) is 2.64. The molecule has 0 aliphatic rings. The molecule has 19 heavy (non-hydrogen) atoms. The zero-order chi connectivity index (χ0) is 14.8. The van der Waals surface area contributed by atoms with Gasteiger partial charge in [-0.1, -0.05) is 6.92 Å². The van der Waals surface area contributed by atoms with Crippen molar-refractivity contribution in [3.05, 3.63) is 16.5 Å². The minimum Gasteiger partial charge on any atom is -0.475 e. The Bertz CT molecular complexity index is 567. The summed E-state index contributed by atoms with van der Waals surface area (Å²) in [6, 6.07) is 0.413. The highest BCUT2D eigenvalue weighted by Gasteiger charge is 2.27. The molecule has 7 nitrogen and oxygen atoms in total. The van der Waals surface area contributed by atoms with Crippen molar-refractivity contribution in [1.29, 1.82) is 0 Å². The summed E-state index contributed by atoms with van der Waals surface area (Å²) in [5.74, 6) is -2.12. The minimum absolute atomic E-state index is 0.170. The molecule has 0 fully saturated rings. The summed E-state index contributed by atoms with van der Waals surface area (Å²) >= 11 is 2.87. The first-order valence-electron chi connectivity index (χ1n) is 5.35. The van der Waals surface area contributed by atoms with Crippen molar-refractivity contribution in [3.8, 4) is 0 Å². The van der Waals surface area contributed by atoms with Crippen LogP contribution in [0.1, 0.15) is 24.4 Å². The summed E-state index contributed by atoms with van der Waals surface area (Å²) < 4.78 is 31.0. The molecule has 9 heteroatoms. The fourth-order valence-corrected chi connectivity index (χ4v) is 3.52. The average Bonchev–Trinajstić information content (AvgIpc) is 2.70. The van der Waals surface area contributed by atoms with Crippen molar-refractivity contribution in [1.82, 2.24) is 4.72 Å². The highest BCUT2D eigenvalue weighted by Crippen LogP contribution is 2.26. The Kier molecular flexibility index (Phi) is 5.13. The molecule has 1 heterocycles. The van der Waals surface area contributed by atoms with Gasteiger partial charge in [0.25, 0.3) is 0 Å². The van der Waals surface area contributed by atoms with Crippen LogP contribution >= 0.6 is 15.9 Å². The molecule has 0 saturated carbocycles. The lowest BCUT2D eigenvalue weighted by atomic mass is 10.1. The highest BCUT2D eigenvalue weighted by atomic mass is 79.9. The van der Waals surface area contributed by atoms with E-state index in [1.54, 1.807) is 13.8 Å². The van der Waals surface area contributed by atoms with Gasteiger partial charge < -0.3 is 14.6 Å². The van der Waals surface area contributed by atoms with Gasteiger partial charge in [-0.05, 0) is 28.8 Å². The normalized spacial score (nSPS) is 15.2. The van der Waals surface area contributed by atoms with E-state index in [-0.39, 0.29) is 22.1 Å². The van der Waals surface area contributed by atoms with Crippen LogP contribution in [0.25, 0.3) is 0 Å². The average molecular weight is 356 g/mol. The molecule has 0 aliphatic carbocycles. The lowest BCUT2D eigenvalue weighted by Crippen LogP contribution is -2.38. The Morgan fingerprint density at radius 2 is 2.11 bits per heavy atom. The van der Waals surface area contributed by atoms with Gasteiger partial charge in [0.15, 0.2) is 4.67 Å². The molecular weight excluding hydrogens is 342 g/mol. The number of aliphatic hydroxyl groups is 1. The summed E-state index contributed by atoms with van der Waals surface area (Å²) in [7, 11) is -3.92.